The molecule has 0 spiro atoms. The number of carbonyl (C=O) groups excluding carboxylic acids is 2. The largest absolute Gasteiger partial charge is 0.497 e. The van der Waals surface area contributed by atoms with Gasteiger partial charge in [-0.2, -0.15) is 0 Å². The predicted molar refractivity (Wildman–Crippen MR) is 113 cm³/mol. The van der Waals surface area contributed by atoms with Gasteiger partial charge in [-0.05, 0) is 38.1 Å². The number of benzene rings is 1. The molecular weight excluding hydrogens is 406 g/mol. The second-order valence-electron chi connectivity index (χ2n) is 6.79. The lowest BCUT2D eigenvalue weighted by Crippen LogP contribution is -2.41. The van der Waals surface area contributed by atoms with Crippen LogP contribution in [0.2, 0.25) is 0 Å². The predicted octanol–water partition coefficient (Wildman–Crippen LogP) is 1.75. The number of hydrogen-bond acceptors (Lipinski definition) is 7. The van der Waals surface area contributed by atoms with Crippen molar-refractivity contribution in [2.75, 3.05) is 39.2 Å². The molecule has 3 rings (SSSR count). The van der Waals surface area contributed by atoms with E-state index in [0.29, 0.717) is 60.9 Å². The average molecular weight is 434 g/mol. The highest BCUT2D eigenvalue weighted by Gasteiger charge is 2.22. The van der Waals surface area contributed by atoms with E-state index in [0.717, 1.165) is 0 Å². The Bertz CT molecular complexity index is 865. The summed E-state index contributed by atoms with van der Waals surface area (Å²) in [6.07, 6.45) is 0. The first kappa shape index (κ1) is 22.1. The molecule has 1 aromatic heterocycles. The van der Waals surface area contributed by atoms with Crippen LogP contribution in [0.25, 0.3) is 0 Å². The Balaban J connectivity index is 1.61. The smallest absolute Gasteiger partial charge is 0.251 e. The average Bonchev–Trinajstić information content (AvgIpc) is 3.21. The second kappa shape index (κ2) is 10.4. The highest BCUT2D eigenvalue weighted by Crippen LogP contribution is 2.21. The number of methoxy groups -OCH3 is 1. The van der Waals surface area contributed by atoms with E-state index in [9.17, 15) is 9.59 Å². The van der Waals surface area contributed by atoms with Crippen LogP contribution >= 0.6 is 11.8 Å². The lowest BCUT2D eigenvalue weighted by atomic mass is 10.2. The number of thioether (sulfide) groups is 1. The molecule has 1 fully saturated rings. The maximum Gasteiger partial charge on any atom is 0.251 e. The van der Waals surface area contributed by atoms with Gasteiger partial charge in [-0.25, -0.2) is 0 Å². The van der Waals surface area contributed by atoms with E-state index in [4.69, 9.17) is 9.47 Å². The minimum atomic E-state index is -0.337. The van der Waals surface area contributed by atoms with Gasteiger partial charge >= 0.3 is 0 Å². The molecule has 1 N–H and O–H groups in total. The highest BCUT2D eigenvalue weighted by atomic mass is 32.2. The third kappa shape index (κ3) is 5.31. The molecule has 2 aromatic rings. The van der Waals surface area contributed by atoms with Gasteiger partial charge in [-0.1, -0.05) is 11.8 Å². The summed E-state index contributed by atoms with van der Waals surface area (Å²) in [5, 5.41) is 12.1. The molecule has 1 aliphatic rings. The number of morpholine rings is 1. The fraction of sp³-hybridized carbons (Fsp3) is 0.500. The van der Waals surface area contributed by atoms with Crippen molar-refractivity contribution in [3.05, 3.63) is 35.7 Å². The van der Waals surface area contributed by atoms with Crippen LogP contribution in [0.15, 0.2) is 29.4 Å². The highest BCUT2D eigenvalue weighted by molar-refractivity contribution is 7.99. The number of carbonyl (C=O) groups is 2. The number of ether oxygens (including phenoxy) is 2. The first-order chi connectivity index (χ1) is 14.5. The van der Waals surface area contributed by atoms with Gasteiger partial charge in [0.25, 0.3) is 5.91 Å². The van der Waals surface area contributed by atoms with Crippen LogP contribution in [0.3, 0.4) is 0 Å². The minimum Gasteiger partial charge on any atom is -0.497 e. The zero-order valence-electron chi connectivity index (χ0n) is 17.5. The summed E-state index contributed by atoms with van der Waals surface area (Å²) in [7, 11) is 1.58. The van der Waals surface area contributed by atoms with E-state index in [2.05, 4.69) is 15.5 Å². The van der Waals surface area contributed by atoms with Gasteiger partial charge < -0.3 is 24.3 Å². The monoisotopic (exact) mass is 433 g/mol. The summed E-state index contributed by atoms with van der Waals surface area (Å²) in [4.78, 5) is 26.7. The number of aromatic nitrogens is 3. The topological polar surface area (TPSA) is 98.6 Å². The van der Waals surface area contributed by atoms with Gasteiger partial charge in [0.05, 0.1) is 32.1 Å². The maximum absolute atomic E-state index is 12.5. The zero-order chi connectivity index (χ0) is 21.5. The van der Waals surface area contributed by atoms with Gasteiger partial charge in [-0.3, -0.25) is 9.59 Å². The lowest BCUT2D eigenvalue weighted by molar-refractivity contribution is -0.132. The third-order valence-electron chi connectivity index (χ3n) is 4.84. The maximum atomic E-state index is 12.5. The van der Waals surface area contributed by atoms with Crippen molar-refractivity contribution < 1.29 is 19.1 Å². The Morgan fingerprint density at radius 1 is 1.23 bits per heavy atom. The van der Waals surface area contributed by atoms with Crippen LogP contribution in [-0.4, -0.2) is 70.6 Å². The first-order valence-corrected chi connectivity index (χ1v) is 10.9. The number of amides is 2. The van der Waals surface area contributed by atoms with E-state index in [1.807, 2.05) is 23.3 Å². The van der Waals surface area contributed by atoms with Gasteiger partial charge in [0.15, 0.2) is 11.0 Å². The molecular formula is C20H27N5O4S. The summed E-state index contributed by atoms with van der Waals surface area (Å²) in [5.74, 6) is 1.51. The number of rotatable bonds is 8. The van der Waals surface area contributed by atoms with Crippen molar-refractivity contribution >= 4 is 23.6 Å². The summed E-state index contributed by atoms with van der Waals surface area (Å²) in [5.41, 5.74) is 0.538. The molecule has 1 saturated heterocycles. The first-order valence-electron chi connectivity index (χ1n) is 9.89. The molecule has 162 valence electrons. The molecule has 9 nitrogen and oxygen atoms in total. The van der Waals surface area contributed by atoms with Gasteiger partial charge in [0.2, 0.25) is 5.91 Å². The van der Waals surface area contributed by atoms with E-state index in [-0.39, 0.29) is 17.9 Å². The fourth-order valence-electron chi connectivity index (χ4n) is 3.14. The minimum absolute atomic E-state index is 0.0661. The van der Waals surface area contributed by atoms with Crippen LogP contribution in [0.4, 0.5) is 0 Å². The van der Waals surface area contributed by atoms with Gasteiger partial charge in [0.1, 0.15) is 5.75 Å². The standard InChI is InChI=1S/C20H27N5O4S/c1-4-25-18(14(2)21-19(27)15-5-7-16(28-3)8-6-15)22-23-20(25)30-13-17(26)24-9-11-29-12-10-24/h5-8,14H,4,9-13H2,1-3H3,(H,21,27)/t14-/m1/s1. The SMILES string of the molecule is CCn1c(SCC(=O)N2CCOCC2)nnc1[C@@H](C)NC(=O)c1ccc(OC)cc1. The van der Waals surface area contributed by atoms with Crippen LogP contribution in [0.1, 0.15) is 36.1 Å². The molecule has 1 atom stereocenters. The molecule has 30 heavy (non-hydrogen) atoms. The molecule has 2 heterocycles. The Morgan fingerprint density at radius 2 is 1.93 bits per heavy atom. The Kier molecular flexibility index (Phi) is 7.69. The van der Waals surface area contributed by atoms with Crippen molar-refractivity contribution in [2.24, 2.45) is 0 Å². The van der Waals surface area contributed by atoms with Gasteiger partial charge in [0, 0.05) is 25.2 Å². The fourth-order valence-corrected chi connectivity index (χ4v) is 4.05. The summed E-state index contributed by atoms with van der Waals surface area (Å²) in [6.45, 7) is 6.90. The summed E-state index contributed by atoms with van der Waals surface area (Å²) >= 11 is 1.36. The zero-order valence-corrected chi connectivity index (χ0v) is 18.3. The Morgan fingerprint density at radius 3 is 2.57 bits per heavy atom. The van der Waals surface area contributed by atoms with Crippen molar-refractivity contribution in [3.8, 4) is 5.75 Å². The van der Waals surface area contributed by atoms with Crippen LogP contribution in [0.5, 0.6) is 5.75 Å². The van der Waals surface area contributed by atoms with Crippen molar-refractivity contribution in [3.63, 3.8) is 0 Å². The molecule has 1 aromatic carbocycles. The summed E-state index contributed by atoms with van der Waals surface area (Å²) in [6, 6.07) is 6.58. The molecule has 10 heteroatoms. The normalized spacial score (nSPS) is 15.0. The van der Waals surface area contributed by atoms with Crippen LogP contribution in [-0.2, 0) is 16.1 Å². The van der Waals surface area contributed by atoms with E-state index in [1.165, 1.54) is 11.8 Å². The molecule has 0 saturated carbocycles. The molecule has 1 aliphatic heterocycles. The lowest BCUT2D eigenvalue weighted by Gasteiger charge is -2.26. The van der Waals surface area contributed by atoms with Gasteiger partial charge in [-0.15, -0.1) is 10.2 Å². The Labute approximate surface area is 180 Å². The van der Waals surface area contributed by atoms with Crippen molar-refractivity contribution in [1.29, 1.82) is 0 Å². The second-order valence-corrected chi connectivity index (χ2v) is 7.73. The molecule has 0 radical (unpaired) electrons. The number of nitrogens with zero attached hydrogens (tertiary/aromatic N) is 4. The quantitative estimate of drug-likeness (QED) is 0.633. The molecule has 2 amide bonds. The van der Waals surface area contributed by atoms with Crippen molar-refractivity contribution in [2.45, 2.75) is 31.6 Å². The Hall–Kier alpha value is -2.59. The van der Waals surface area contributed by atoms with Crippen LogP contribution in [0, 0.1) is 0 Å². The molecule has 0 unspecified atom stereocenters. The van der Waals surface area contributed by atoms with E-state index < -0.39 is 0 Å². The van der Waals surface area contributed by atoms with E-state index in [1.54, 1.807) is 31.4 Å². The summed E-state index contributed by atoms with van der Waals surface area (Å²) < 4.78 is 12.3. The van der Waals surface area contributed by atoms with Crippen molar-refractivity contribution in [1.82, 2.24) is 25.0 Å². The number of nitrogens with one attached hydrogen (secondary N) is 1. The molecule has 0 aliphatic carbocycles. The van der Waals surface area contributed by atoms with Crippen LogP contribution < -0.4 is 10.1 Å². The molecule has 0 bridgehead atoms. The van der Waals surface area contributed by atoms with E-state index >= 15 is 0 Å². The number of hydrogen-bond donors (Lipinski definition) is 1. The third-order valence-corrected chi connectivity index (χ3v) is 5.79.